The molecule has 0 bridgehead atoms. The van der Waals surface area contributed by atoms with Gasteiger partial charge < -0.3 is 0 Å². The number of rotatable bonds is 6. The second kappa shape index (κ2) is 6.42. The lowest BCUT2D eigenvalue weighted by atomic mass is 10.2. The van der Waals surface area contributed by atoms with E-state index in [0.29, 0.717) is 0 Å². The third-order valence-corrected chi connectivity index (χ3v) is 4.85. The van der Waals surface area contributed by atoms with E-state index in [1.54, 1.807) is 0 Å². The first-order valence-electron chi connectivity index (χ1n) is 6.43. The maximum atomic E-state index is 5.64. The monoisotopic (exact) mass is 254 g/mol. The maximum Gasteiger partial charge on any atom is 0.0581 e. The molecule has 1 aliphatic carbocycles. The molecule has 1 aromatic heterocycles. The van der Waals surface area contributed by atoms with Crippen LogP contribution in [0.5, 0.6) is 0 Å². The molecule has 0 radical (unpaired) electrons. The van der Waals surface area contributed by atoms with Gasteiger partial charge in [0, 0.05) is 29.3 Å². The Hall–Kier alpha value is -0.520. The Kier molecular flexibility index (Phi) is 4.88. The van der Waals surface area contributed by atoms with Crippen molar-refractivity contribution < 1.29 is 0 Å². The van der Waals surface area contributed by atoms with Crippen molar-refractivity contribution in [1.82, 2.24) is 15.2 Å². The second-order valence-corrected chi connectivity index (χ2v) is 5.92. The van der Waals surface area contributed by atoms with Crippen molar-refractivity contribution in [3.8, 4) is 0 Å². The van der Waals surface area contributed by atoms with E-state index in [-0.39, 0.29) is 6.04 Å². The third kappa shape index (κ3) is 3.47. The zero-order valence-corrected chi connectivity index (χ0v) is 11.2. The smallest absolute Gasteiger partial charge is 0.0581 e. The number of nitrogens with two attached hydrogens (primary N) is 1. The molecule has 1 saturated carbocycles. The molecule has 0 spiro atoms. The SMILES string of the molecule is CCn1cc(C(CSC2CCCC2)NN)cn1. The fraction of sp³-hybridized carbons (Fsp3) is 0.750. The molecule has 1 unspecified atom stereocenters. The molecule has 1 aromatic rings. The van der Waals surface area contributed by atoms with E-state index in [0.717, 1.165) is 17.5 Å². The van der Waals surface area contributed by atoms with Crippen molar-refractivity contribution in [1.29, 1.82) is 0 Å². The van der Waals surface area contributed by atoms with Gasteiger partial charge in [0.25, 0.3) is 0 Å². The van der Waals surface area contributed by atoms with Gasteiger partial charge in [-0.1, -0.05) is 12.8 Å². The van der Waals surface area contributed by atoms with Crippen LogP contribution in [0.2, 0.25) is 0 Å². The Balaban J connectivity index is 1.86. The van der Waals surface area contributed by atoms with E-state index in [2.05, 4.69) is 23.6 Å². The van der Waals surface area contributed by atoms with Gasteiger partial charge >= 0.3 is 0 Å². The summed E-state index contributed by atoms with van der Waals surface area (Å²) in [4.78, 5) is 0. The highest BCUT2D eigenvalue weighted by atomic mass is 32.2. The Bertz CT molecular complexity index is 333. The molecular weight excluding hydrogens is 232 g/mol. The van der Waals surface area contributed by atoms with Crippen LogP contribution in [-0.2, 0) is 6.54 Å². The van der Waals surface area contributed by atoms with Crippen molar-refractivity contribution in [3.05, 3.63) is 18.0 Å². The van der Waals surface area contributed by atoms with E-state index in [1.165, 1.54) is 31.2 Å². The molecule has 1 fully saturated rings. The molecule has 96 valence electrons. The van der Waals surface area contributed by atoms with Crippen molar-refractivity contribution in [3.63, 3.8) is 0 Å². The molecule has 1 heterocycles. The zero-order chi connectivity index (χ0) is 12.1. The Morgan fingerprint density at radius 2 is 2.35 bits per heavy atom. The molecule has 3 N–H and O–H groups in total. The minimum Gasteiger partial charge on any atom is -0.273 e. The van der Waals surface area contributed by atoms with Crippen LogP contribution in [0.3, 0.4) is 0 Å². The predicted molar refractivity (Wildman–Crippen MR) is 72.7 cm³/mol. The summed E-state index contributed by atoms with van der Waals surface area (Å²) in [6, 6.07) is 0.223. The van der Waals surface area contributed by atoms with Gasteiger partial charge in [-0.05, 0) is 19.8 Å². The highest BCUT2D eigenvalue weighted by Crippen LogP contribution is 2.31. The van der Waals surface area contributed by atoms with Gasteiger partial charge in [-0.3, -0.25) is 16.0 Å². The number of hydrogen-bond donors (Lipinski definition) is 2. The summed E-state index contributed by atoms with van der Waals surface area (Å²) in [5.74, 6) is 6.68. The summed E-state index contributed by atoms with van der Waals surface area (Å²) < 4.78 is 1.94. The first kappa shape index (κ1) is 12.9. The fourth-order valence-electron chi connectivity index (χ4n) is 2.26. The number of aryl methyl sites for hydroxylation is 1. The zero-order valence-electron chi connectivity index (χ0n) is 10.4. The van der Waals surface area contributed by atoms with Gasteiger partial charge in [-0.25, -0.2) is 0 Å². The third-order valence-electron chi connectivity index (χ3n) is 3.38. The normalized spacial score (nSPS) is 18.7. The van der Waals surface area contributed by atoms with Crippen LogP contribution in [0.1, 0.15) is 44.2 Å². The largest absolute Gasteiger partial charge is 0.273 e. The van der Waals surface area contributed by atoms with Crippen LogP contribution < -0.4 is 11.3 Å². The molecule has 0 saturated heterocycles. The first-order chi connectivity index (χ1) is 8.33. The molecule has 4 nitrogen and oxygen atoms in total. The number of nitrogens with one attached hydrogen (secondary N) is 1. The molecule has 1 atom stereocenters. The quantitative estimate of drug-likeness (QED) is 0.603. The summed E-state index contributed by atoms with van der Waals surface area (Å²) in [5, 5.41) is 5.14. The van der Waals surface area contributed by atoms with Crippen molar-refractivity contribution in [2.45, 2.75) is 50.4 Å². The minimum atomic E-state index is 0.223. The fourth-order valence-corrected chi connectivity index (χ4v) is 3.68. The molecule has 0 aliphatic heterocycles. The van der Waals surface area contributed by atoms with Crippen molar-refractivity contribution in [2.75, 3.05) is 5.75 Å². The summed E-state index contributed by atoms with van der Waals surface area (Å²) in [5.41, 5.74) is 4.10. The Morgan fingerprint density at radius 3 is 2.94 bits per heavy atom. The van der Waals surface area contributed by atoms with Gasteiger partial charge in [-0.15, -0.1) is 0 Å². The summed E-state index contributed by atoms with van der Waals surface area (Å²) in [7, 11) is 0. The lowest BCUT2D eigenvalue weighted by molar-refractivity contribution is 0.606. The van der Waals surface area contributed by atoms with E-state index in [9.17, 15) is 0 Å². The van der Waals surface area contributed by atoms with E-state index >= 15 is 0 Å². The van der Waals surface area contributed by atoms with E-state index in [1.807, 2.05) is 22.6 Å². The Morgan fingerprint density at radius 1 is 1.59 bits per heavy atom. The lowest BCUT2D eigenvalue weighted by Gasteiger charge is -2.16. The summed E-state index contributed by atoms with van der Waals surface area (Å²) in [6.07, 6.45) is 9.54. The van der Waals surface area contributed by atoms with Crippen LogP contribution in [-0.4, -0.2) is 20.8 Å². The molecule has 0 aromatic carbocycles. The Labute approximate surface area is 107 Å². The van der Waals surface area contributed by atoms with Crippen LogP contribution in [0.25, 0.3) is 0 Å². The predicted octanol–water partition coefficient (Wildman–Crippen LogP) is 2.08. The molecule has 2 rings (SSSR count). The molecule has 1 aliphatic rings. The average Bonchev–Trinajstić information content (AvgIpc) is 3.00. The maximum absolute atomic E-state index is 5.64. The van der Waals surface area contributed by atoms with Gasteiger partial charge in [0.05, 0.1) is 12.2 Å². The standard InChI is InChI=1S/C12H22N4S/c1-2-16-8-10(7-14-16)12(15-13)9-17-11-5-3-4-6-11/h7-8,11-12,15H,2-6,9,13H2,1H3. The number of aromatic nitrogens is 2. The van der Waals surface area contributed by atoms with Gasteiger partial charge in [0.1, 0.15) is 0 Å². The lowest BCUT2D eigenvalue weighted by Crippen LogP contribution is -2.29. The van der Waals surface area contributed by atoms with E-state index in [4.69, 9.17) is 5.84 Å². The topological polar surface area (TPSA) is 55.9 Å². The second-order valence-electron chi connectivity index (χ2n) is 4.59. The minimum absolute atomic E-state index is 0.223. The number of nitrogens with zero attached hydrogens (tertiary/aromatic N) is 2. The number of hydrazine groups is 1. The van der Waals surface area contributed by atoms with Crippen LogP contribution in [0, 0.1) is 0 Å². The van der Waals surface area contributed by atoms with Crippen LogP contribution in [0.4, 0.5) is 0 Å². The average molecular weight is 254 g/mol. The van der Waals surface area contributed by atoms with Crippen molar-refractivity contribution in [2.24, 2.45) is 5.84 Å². The molecule has 5 heteroatoms. The molecular formula is C12H22N4S. The molecule has 0 amide bonds. The highest BCUT2D eigenvalue weighted by molar-refractivity contribution is 7.99. The van der Waals surface area contributed by atoms with Gasteiger partial charge in [0.15, 0.2) is 0 Å². The van der Waals surface area contributed by atoms with Gasteiger partial charge in [0.2, 0.25) is 0 Å². The van der Waals surface area contributed by atoms with Gasteiger partial charge in [-0.2, -0.15) is 16.9 Å². The first-order valence-corrected chi connectivity index (χ1v) is 7.48. The highest BCUT2D eigenvalue weighted by Gasteiger charge is 2.18. The summed E-state index contributed by atoms with van der Waals surface area (Å²) in [6.45, 7) is 3.00. The number of thioether (sulfide) groups is 1. The van der Waals surface area contributed by atoms with Crippen molar-refractivity contribution >= 4 is 11.8 Å². The van der Waals surface area contributed by atoms with Crippen LogP contribution in [0.15, 0.2) is 12.4 Å². The van der Waals surface area contributed by atoms with E-state index < -0.39 is 0 Å². The summed E-state index contributed by atoms with van der Waals surface area (Å²) >= 11 is 2.05. The number of hydrogen-bond acceptors (Lipinski definition) is 4. The van der Waals surface area contributed by atoms with Crippen LogP contribution >= 0.6 is 11.8 Å². The molecule has 17 heavy (non-hydrogen) atoms.